The van der Waals surface area contributed by atoms with Crippen molar-refractivity contribution in [3.63, 3.8) is 0 Å². The van der Waals surface area contributed by atoms with Gasteiger partial charge in [-0.3, -0.25) is 14.9 Å². The number of nitrogens with zero attached hydrogens (tertiary/aromatic N) is 1. The molecule has 0 radical (unpaired) electrons. The lowest BCUT2D eigenvalue weighted by molar-refractivity contribution is -0.385. The number of carbonyl (C=O) groups is 2. The summed E-state index contributed by atoms with van der Waals surface area (Å²) in [5.41, 5.74) is -0.569. The Labute approximate surface area is 126 Å². The molecule has 0 bridgehead atoms. The second-order valence-corrected chi connectivity index (χ2v) is 5.19. The summed E-state index contributed by atoms with van der Waals surface area (Å²) >= 11 is 6.60. The Morgan fingerprint density at radius 2 is 2.05 bits per heavy atom. The van der Waals surface area contributed by atoms with Crippen molar-refractivity contribution in [2.75, 3.05) is 5.32 Å². The monoisotopic (exact) mass is 326 g/mol. The van der Waals surface area contributed by atoms with E-state index in [-0.39, 0.29) is 21.2 Å². The molecule has 2 N–H and O–H groups in total. The number of hydrogen-bond donors (Lipinski definition) is 2. The third-order valence-electron chi connectivity index (χ3n) is 2.51. The first kappa shape index (κ1) is 14.9. The van der Waals surface area contributed by atoms with E-state index in [2.05, 4.69) is 5.32 Å². The highest BCUT2D eigenvalue weighted by Gasteiger charge is 2.22. The first-order valence-electron chi connectivity index (χ1n) is 5.46. The number of nitrogens with one attached hydrogen (secondary N) is 1. The van der Waals surface area contributed by atoms with Gasteiger partial charge in [0.15, 0.2) is 0 Å². The minimum absolute atomic E-state index is 0.0556. The molecule has 1 amide bonds. The molecular formula is C12H7ClN2O5S. The van der Waals surface area contributed by atoms with Crippen molar-refractivity contribution in [2.45, 2.75) is 0 Å². The van der Waals surface area contributed by atoms with Gasteiger partial charge in [-0.1, -0.05) is 11.6 Å². The Morgan fingerprint density at radius 1 is 1.33 bits per heavy atom. The van der Waals surface area contributed by atoms with Crippen molar-refractivity contribution in [1.82, 2.24) is 0 Å². The first-order valence-corrected chi connectivity index (χ1v) is 6.72. The van der Waals surface area contributed by atoms with E-state index in [1.807, 2.05) is 0 Å². The van der Waals surface area contributed by atoms with E-state index in [1.54, 1.807) is 0 Å². The molecule has 2 aromatic rings. The predicted molar refractivity (Wildman–Crippen MR) is 77.3 cm³/mol. The van der Waals surface area contributed by atoms with Crippen LogP contribution in [-0.2, 0) is 0 Å². The average molecular weight is 327 g/mol. The smallest absolute Gasteiger partial charge is 0.348 e. The van der Waals surface area contributed by atoms with Crippen molar-refractivity contribution in [2.24, 2.45) is 0 Å². The summed E-state index contributed by atoms with van der Waals surface area (Å²) in [7, 11) is 0. The lowest BCUT2D eigenvalue weighted by Gasteiger charge is -2.05. The van der Waals surface area contributed by atoms with Gasteiger partial charge in [0.05, 0.1) is 10.6 Å². The number of nitro groups is 1. The summed E-state index contributed by atoms with van der Waals surface area (Å²) in [5, 5.41) is 23.8. The second kappa shape index (κ2) is 5.90. The number of aromatic carboxylic acids is 1. The summed E-state index contributed by atoms with van der Waals surface area (Å²) in [5.74, 6) is -1.97. The maximum absolute atomic E-state index is 12.1. The van der Waals surface area contributed by atoms with Crippen molar-refractivity contribution in [3.8, 4) is 0 Å². The number of amides is 1. The summed E-state index contributed by atoms with van der Waals surface area (Å²) in [6, 6.07) is 5.02. The molecule has 0 atom stereocenters. The van der Waals surface area contributed by atoms with Crippen LogP contribution in [0.3, 0.4) is 0 Å². The first-order chi connectivity index (χ1) is 9.90. The zero-order valence-electron chi connectivity index (χ0n) is 10.2. The highest BCUT2D eigenvalue weighted by Crippen LogP contribution is 2.26. The van der Waals surface area contributed by atoms with Gasteiger partial charge < -0.3 is 10.4 Å². The topological polar surface area (TPSA) is 110 Å². The molecule has 9 heteroatoms. The molecule has 0 saturated carbocycles. The second-order valence-electron chi connectivity index (χ2n) is 3.84. The molecule has 108 valence electrons. The normalized spacial score (nSPS) is 10.1. The lowest BCUT2D eigenvalue weighted by Crippen LogP contribution is -2.15. The van der Waals surface area contributed by atoms with Crippen LogP contribution < -0.4 is 5.32 Å². The molecule has 0 fully saturated rings. The summed E-state index contributed by atoms with van der Waals surface area (Å²) in [6.07, 6.45) is 0. The van der Waals surface area contributed by atoms with E-state index in [1.165, 1.54) is 23.6 Å². The number of halogens is 1. The van der Waals surface area contributed by atoms with Crippen molar-refractivity contribution < 1.29 is 19.6 Å². The largest absolute Gasteiger partial charge is 0.477 e. The van der Waals surface area contributed by atoms with Crippen molar-refractivity contribution >= 4 is 46.2 Å². The molecule has 1 aromatic carbocycles. The van der Waals surface area contributed by atoms with Gasteiger partial charge in [0.25, 0.3) is 11.6 Å². The number of carboxylic acid groups (broad SMARTS) is 1. The predicted octanol–water partition coefficient (Wildman–Crippen LogP) is 3.26. The van der Waals surface area contributed by atoms with Gasteiger partial charge in [0, 0.05) is 11.1 Å². The average Bonchev–Trinajstić information content (AvgIpc) is 2.86. The molecule has 0 spiro atoms. The molecule has 2 rings (SSSR count). The third kappa shape index (κ3) is 3.18. The van der Waals surface area contributed by atoms with E-state index in [0.717, 1.165) is 17.4 Å². The van der Waals surface area contributed by atoms with Gasteiger partial charge in [-0.15, -0.1) is 11.3 Å². The number of thiophene rings is 1. The fourth-order valence-electron chi connectivity index (χ4n) is 1.61. The zero-order chi connectivity index (χ0) is 15.6. The molecule has 0 aliphatic heterocycles. The molecular weight excluding hydrogens is 320 g/mol. The fourth-order valence-corrected chi connectivity index (χ4v) is 2.46. The minimum atomic E-state index is -1.19. The van der Waals surface area contributed by atoms with E-state index in [9.17, 15) is 19.7 Å². The molecule has 0 saturated heterocycles. The number of carbonyl (C=O) groups excluding carboxylic acids is 1. The summed E-state index contributed by atoms with van der Waals surface area (Å²) < 4.78 is 0. The third-order valence-corrected chi connectivity index (χ3v) is 3.65. The van der Waals surface area contributed by atoms with Crippen LogP contribution in [0.4, 0.5) is 11.4 Å². The van der Waals surface area contributed by atoms with E-state index in [4.69, 9.17) is 16.7 Å². The van der Waals surface area contributed by atoms with Gasteiger partial charge in [0.2, 0.25) is 0 Å². The quantitative estimate of drug-likeness (QED) is 0.662. The van der Waals surface area contributed by atoms with Crippen LogP contribution in [-0.4, -0.2) is 21.9 Å². The SMILES string of the molecule is O=C(Nc1ccsc1C(=O)O)c1ccc(Cl)cc1[N+](=O)[O-]. The van der Waals surface area contributed by atoms with Crippen LogP contribution in [0, 0.1) is 10.1 Å². The highest BCUT2D eigenvalue weighted by molar-refractivity contribution is 7.12. The number of anilines is 1. The molecule has 0 aliphatic rings. The Kier molecular flexibility index (Phi) is 4.20. The van der Waals surface area contributed by atoms with Crippen LogP contribution in [0.25, 0.3) is 0 Å². The maximum Gasteiger partial charge on any atom is 0.348 e. The number of benzene rings is 1. The van der Waals surface area contributed by atoms with E-state index >= 15 is 0 Å². The Balaban J connectivity index is 2.35. The van der Waals surface area contributed by atoms with Gasteiger partial charge in [-0.25, -0.2) is 4.79 Å². The Bertz CT molecular complexity index is 743. The minimum Gasteiger partial charge on any atom is -0.477 e. The van der Waals surface area contributed by atoms with Gasteiger partial charge in [-0.05, 0) is 23.6 Å². The van der Waals surface area contributed by atoms with E-state index in [0.29, 0.717) is 0 Å². The van der Waals surface area contributed by atoms with Gasteiger partial charge in [0.1, 0.15) is 10.4 Å². The van der Waals surface area contributed by atoms with Gasteiger partial charge >= 0.3 is 5.97 Å². The zero-order valence-corrected chi connectivity index (χ0v) is 11.8. The van der Waals surface area contributed by atoms with Crippen molar-refractivity contribution in [1.29, 1.82) is 0 Å². The molecule has 1 aromatic heterocycles. The number of carboxylic acids is 1. The Morgan fingerprint density at radius 3 is 2.67 bits per heavy atom. The Hall–Kier alpha value is -2.45. The molecule has 7 nitrogen and oxygen atoms in total. The number of nitro benzene ring substituents is 1. The lowest BCUT2D eigenvalue weighted by atomic mass is 10.1. The molecule has 1 heterocycles. The maximum atomic E-state index is 12.1. The van der Waals surface area contributed by atoms with E-state index < -0.39 is 22.5 Å². The van der Waals surface area contributed by atoms with Crippen LogP contribution in [0.1, 0.15) is 20.0 Å². The molecule has 0 unspecified atom stereocenters. The van der Waals surface area contributed by atoms with Crippen molar-refractivity contribution in [3.05, 3.63) is 55.2 Å². The molecule has 0 aliphatic carbocycles. The standard InChI is InChI=1S/C12H7ClN2O5S/c13-6-1-2-7(9(5-6)15(19)20)11(16)14-8-3-4-21-10(8)12(17)18/h1-5H,(H,14,16)(H,17,18). The van der Waals surface area contributed by atoms with Crippen LogP contribution in [0.5, 0.6) is 0 Å². The summed E-state index contributed by atoms with van der Waals surface area (Å²) in [6.45, 7) is 0. The molecule has 21 heavy (non-hydrogen) atoms. The van der Waals surface area contributed by atoms with Gasteiger partial charge in [-0.2, -0.15) is 0 Å². The van der Waals surface area contributed by atoms with Crippen LogP contribution in [0.15, 0.2) is 29.6 Å². The number of rotatable bonds is 4. The van der Waals surface area contributed by atoms with Crippen LogP contribution in [0.2, 0.25) is 5.02 Å². The summed E-state index contributed by atoms with van der Waals surface area (Å²) in [4.78, 5) is 33.2. The number of hydrogen-bond acceptors (Lipinski definition) is 5. The fraction of sp³-hybridized carbons (Fsp3) is 0. The highest BCUT2D eigenvalue weighted by atomic mass is 35.5. The van der Waals surface area contributed by atoms with Crippen LogP contribution >= 0.6 is 22.9 Å².